The molecule has 0 saturated carbocycles. The quantitative estimate of drug-likeness (QED) is 0.505. The van der Waals surface area contributed by atoms with Crippen molar-refractivity contribution in [3.63, 3.8) is 0 Å². The van der Waals surface area contributed by atoms with E-state index in [1.165, 1.54) is 10.8 Å². The highest BCUT2D eigenvalue weighted by atomic mass is 15.2. The minimum atomic E-state index is 0.856. The van der Waals surface area contributed by atoms with Gasteiger partial charge in [-0.25, -0.2) is 9.50 Å². The van der Waals surface area contributed by atoms with E-state index in [0.717, 1.165) is 27.9 Å². The van der Waals surface area contributed by atoms with E-state index in [-0.39, 0.29) is 0 Å². The Morgan fingerprint density at radius 3 is 2.73 bits per heavy atom. The van der Waals surface area contributed by atoms with Gasteiger partial charge < -0.3 is 4.98 Å². The van der Waals surface area contributed by atoms with Gasteiger partial charge in [-0.2, -0.15) is 5.10 Å². The molecule has 3 heterocycles. The Hall–Kier alpha value is -3.14. The number of fused-ring (bicyclic) bond motifs is 4. The summed E-state index contributed by atoms with van der Waals surface area (Å²) in [6.07, 6.45) is 3.69. The number of aromatic amines is 1. The normalized spacial score (nSPS) is 11.6. The molecule has 0 aliphatic heterocycles. The number of nitrogens with one attached hydrogen (secondary N) is 1. The maximum Gasteiger partial charge on any atom is 0.155 e. The van der Waals surface area contributed by atoms with Gasteiger partial charge in [0, 0.05) is 45.8 Å². The predicted octanol–water partition coefficient (Wildman–Crippen LogP) is 4.03. The van der Waals surface area contributed by atoms with E-state index >= 15 is 0 Å². The molecule has 104 valence electrons. The van der Waals surface area contributed by atoms with Crippen LogP contribution in [0.25, 0.3) is 38.7 Å². The summed E-state index contributed by atoms with van der Waals surface area (Å²) in [5.74, 6) is 0. The van der Waals surface area contributed by atoms with Crippen LogP contribution in [0, 0.1) is 0 Å². The van der Waals surface area contributed by atoms with Crippen LogP contribution in [-0.2, 0) is 0 Å². The van der Waals surface area contributed by atoms with E-state index in [1.807, 2.05) is 24.4 Å². The largest absolute Gasteiger partial charge is 0.354 e. The number of H-pyrrole nitrogens is 1. The number of para-hydroxylation sites is 1. The lowest BCUT2D eigenvalue weighted by molar-refractivity contribution is 0.943. The highest BCUT2D eigenvalue weighted by molar-refractivity contribution is 6.08. The molecule has 0 atom stereocenters. The molecule has 0 amide bonds. The Morgan fingerprint density at radius 2 is 1.77 bits per heavy atom. The van der Waals surface area contributed by atoms with Crippen LogP contribution in [0.4, 0.5) is 0 Å². The molecule has 4 heteroatoms. The fourth-order valence-electron chi connectivity index (χ4n) is 2.99. The van der Waals surface area contributed by atoms with E-state index in [9.17, 15) is 0 Å². The Kier molecular flexibility index (Phi) is 2.19. The summed E-state index contributed by atoms with van der Waals surface area (Å²) in [6, 6.07) is 18.7. The van der Waals surface area contributed by atoms with Gasteiger partial charge in [-0.15, -0.1) is 0 Å². The highest BCUT2D eigenvalue weighted by Gasteiger charge is 2.08. The SMILES string of the molecule is c1ccc2c(c1)[nH]c1cc(-c3cc4ncccn4n3)ccc12. The number of hydrogen-bond acceptors (Lipinski definition) is 2. The van der Waals surface area contributed by atoms with E-state index in [1.54, 1.807) is 10.7 Å². The van der Waals surface area contributed by atoms with Crippen molar-refractivity contribution >= 4 is 27.5 Å². The van der Waals surface area contributed by atoms with Gasteiger partial charge in [0.15, 0.2) is 5.65 Å². The first kappa shape index (κ1) is 11.5. The Labute approximate surface area is 126 Å². The van der Waals surface area contributed by atoms with E-state index in [2.05, 4.69) is 51.5 Å². The van der Waals surface area contributed by atoms with Crippen molar-refractivity contribution in [3.05, 3.63) is 67.0 Å². The van der Waals surface area contributed by atoms with Crippen molar-refractivity contribution < 1.29 is 0 Å². The van der Waals surface area contributed by atoms with Crippen LogP contribution in [0.3, 0.4) is 0 Å². The second-order valence-electron chi connectivity index (χ2n) is 5.38. The van der Waals surface area contributed by atoms with Gasteiger partial charge >= 0.3 is 0 Å². The molecule has 5 rings (SSSR count). The van der Waals surface area contributed by atoms with Gasteiger partial charge in [0.1, 0.15) is 0 Å². The molecular formula is C18H12N4. The van der Waals surface area contributed by atoms with Crippen molar-refractivity contribution in [2.75, 3.05) is 0 Å². The summed E-state index contributed by atoms with van der Waals surface area (Å²) < 4.78 is 1.80. The zero-order chi connectivity index (χ0) is 14.5. The molecule has 1 N–H and O–H groups in total. The van der Waals surface area contributed by atoms with Gasteiger partial charge in [-0.3, -0.25) is 0 Å². The lowest BCUT2D eigenvalue weighted by atomic mass is 10.1. The lowest BCUT2D eigenvalue weighted by Crippen LogP contribution is -1.87. The molecule has 0 saturated heterocycles. The third-order valence-electron chi connectivity index (χ3n) is 4.04. The molecule has 22 heavy (non-hydrogen) atoms. The van der Waals surface area contributed by atoms with Gasteiger partial charge in [0.25, 0.3) is 0 Å². The summed E-state index contributed by atoms with van der Waals surface area (Å²) in [7, 11) is 0. The molecule has 0 spiro atoms. The Bertz CT molecular complexity index is 1100. The summed E-state index contributed by atoms with van der Waals surface area (Å²) in [6.45, 7) is 0. The minimum Gasteiger partial charge on any atom is -0.354 e. The third kappa shape index (κ3) is 1.58. The van der Waals surface area contributed by atoms with Gasteiger partial charge in [0.05, 0.1) is 5.69 Å². The minimum absolute atomic E-state index is 0.856. The molecule has 0 unspecified atom stereocenters. The number of rotatable bonds is 1. The highest BCUT2D eigenvalue weighted by Crippen LogP contribution is 2.29. The van der Waals surface area contributed by atoms with Crippen LogP contribution < -0.4 is 0 Å². The lowest BCUT2D eigenvalue weighted by Gasteiger charge is -1.97. The number of benzene rings is 2. The summed E-state index contributed by atoms with van der Waals surface area (Å²) in [5, 5.41) is 7.07. The maximum absolute atomic E-state index is 4.58. The zero-order valence-corrected chi connectivity index (χ0v) is 11.7. The van der Waals surface area contributed by atoms with Gasteiger partial charge in [-0.1, -0.05) is 30.3 Å². The van der Waals surface area contributed by atoms with Crippen LogP contribution in [0.5, 0.6) is 0 Å². The molecule has 4 nitrogen and oxygen atoms in total. The molecule has 0 fully saturated rings. The first-order valence-corrected chi connectivity index (χ1v) is 7.20. The Balaban J connectivity index is 1.75. The second kappa shape index (κ2) is 4.18. The van der Waals surface area contributed by atoms with E-state index in [0.29, 0.717) is 0 Å². The molecule has 3 aromatic heterocycles. The van der Waals surface area contributed by atoms with Crippen LogP contribution >= 0.6 is 0 Å². The summed E-state index contributed by atoms with van der Waals surface area (Å²) in [5.41, 5.74) is 5.16. The molecule has 2 aromatic carbocycles. The van der Waals surface area contributed by atoms with Crippen molar-refractivity contribution in [1.29, 1.82) is 0 Å². The van der Waals surface area contributed by atoms with Crippen LogP contribution in [-0.4, -0.2) is 19.6 Å². The molecule has 0 aliphatic carbocycles. The monoisotopic (exact) mass is 284 g/mol. The smallest absolute Gasteiger partial charge is 0.155 e. The summed E-state index contributed by atoms with van der Waals surface area (Å²) in [4.78, 5) is 7.79. The van der Waals surface area contributed by atoms with Crippen molar-refractivity contribution in [2.45, 2.75) is 0 Å². The van der Waals surface area contributed by atoms with E-state index in [4.69, 9.17) is 0 Å². The summed E-state index contributed by atoms with van der Waals surface area (Å²) >= 11 is 0. The van der Waals surface area contributed by atoms with Gasteiger partial charge in [0.2, 0.25) is 0 Å². The molecule has 0 radical (unpaired) electrons. The topological polar surface area (TPSA) is 46.0 Å². The molecule has 0 bridgehead atoms. The average molecular weight is 284 g/mol. The third-order valence-corrected chi connectivity index (χ3v) is 4.04. The van der Waals surface area contributed by atoms with Crippen LogP contribution in [0.15, 0.2) is 67.0 Å². The fraction of sp³-hybridized carbons (Fsp3) is 0. The second-order valence-corrected chi connectivity index (χ2v) is 5.38. The predicted molar refractivity (Wildman–Crippen MR) is 87.8 cm³/mol. The Morgan fingerprint density at radius 1 is 0.864 bits per heavy atom. The van der Waals surface area contributed by atoms with Gasteiger partial charge in [-0.05, 0) is 18.2 Å². The fourth-order valence-corrected chi connectivity index (χ4v) is 2.99. The average Bonchev–Trinajstić information content (AvgIpc) is 3.15. The molecular weight excluding hydrogens is 272 g/mol. The van der Waals surface area contributed by atoms with Crippen molar-refractivity contribution in [2.24, 2.45) is 0 Å². The number of aromatic nitrogens is 4. The molecule has 0 aliphatic rings. The maximum atomic E-state index is 4.58. The number of nitrogens with zero attached hydrogens (tertiary/aromatic N) is 3. The number of hydrogen-bond donors (Lipinski definition) is 1. The first-order chi connectivity index (χ1) is 10.9. The zero-order valence-electron chi connectivity index (χ0n) is 11.7. The van der Waals surface area contributed by atoms with Crippen molar-refractivity contribution in [3.8, 4) is 11.3 Å². The van der Waals surface area contributed by atoms with Crippen LogP contribution in [0.2, 0.25) is 0 Å². The van der Waals surface area contributed by atoms with Crippen molar-refractivity contribution in [1.82, 2.24) is 19.6 Å². The first-order valence-electron chi connectivity index (χ1n) is 7.20. The standard InChI is InChI=1S/C18H12N4/c1-2-5-15-13(4-1)14-7-6-12(10-17(14)20-15)16-11-18-19-8-3-9-22(18)21-16/h1-11,20H. The van der Waals surface area contributed by atoms with Crippen LogP contribution in [0.1, 0.15) is 0 Å². The molecule has 5 aromatic rings. The van der Waals surface area contributed by atoms with E-state index < -0.39 is 0 Å².